The second-order valence-corrected chi connectivity index (χ2v) is 7.01. The summed E-state index contributed by atoms with van der Waals surface area (Å²) in [5.74, 6) is 0.539. The van der Waals surface area contributed by atoms with Crippen LogP contribution in [0.1, 0.15) is 44.9 Å². The van der Waals surface area contributed by atoms with Gasteiger partial charge in [0.05, 0.1) is 4.88 Å². The minimum absolute atomic E-state index is 0.186. The van der Waals surface area contributed by atoms with Crippen LogP contribution in [0.3, 0.4) is 0 Å². The molecule has 1 aliphatic carbocycles. The van der Waals surface area contributed by atoms with E-state index in [0.717, 1.165) is 17.7 Å². The molecule has 2 unspecified atom stereocenters. The fraction of sp³-hybridized carbons (Fsp3) is 0.750. The van der Waals surface area contributed by atoms with Crippen molar-refractivity contribution in [3.8, 4) is 0 Å². The van der Waals surface area contributed by atoms with E-state index in [4.69, 9.17) is 5.73 Å². The summed E-state index contributed by atoms with van der Waals surface area (Å²) < 4.78 is 0. The van der Waals surface area contributed by atoms with Gasteiger partial charge in [0.25, 0.3) is 0 Å². The Morgan fingerprint density at radius 1 is 1.50 bits per heavy atom. The molecule has 0 aromatic carbocycles. The van der Waals surface area contributed by atoms with Crippen molar-refractivity contribution in [1.82, 2.24) is 4.98 Å². The topological polar surface area (TPSA) is 59.1 Å². The second-order valence-electron chi connectivity index (χ2n) is 5.95. The molecule has 3 nitrogen and oxygen atoms in total. The zero-order valence-electron chi connectivity index (χ0n) is 10.2. The second kappa shape index (κ2) is 3.70. The van der Waals surface area contributed by atoms with Crippen molar-refractivity contribution in [3.63, 3.8) is 0 Å². The van der Waals surface area contributed by atoms with Gasteiger partial charge >= 0.3 is 0 Å². The quantitative estimate of drug-likeness (QED) is 0.793. The monoisotopic (exact) mass is 240 g/mol. The van der Waals surface area contributed by atoms with Crippen LogP contribution in [0.5, 0.6) is 0 Å². The lowest BCUT2D eigenvalue weighted by Crippen LogP contribution is -2.39. The molecule has 1 aromatic heterocycles. The van der Waals surface area contributed by atoms with Crippen molar-refractivity contribution in [1.29, 1.82) is 0 Å². The summed E-state index contributed by atoms with van der Waals surface area (Å²) in [6, 6.07) is 0. The van der Waals surface area contributed by atoms with E-state index in [1.165, 1.54) is 17.8 Å². The molecule has 1 heterocycles. The Kier molecular flexibility index (Phi) is 2.75. The average molecular weight is 240 g/mol. The van der Waals surface area contributed by atoms with E-state index < -0.39 is 5.60 Å². The third-order valence-electron chi connectivity index (χ3n) is 3.34. The Morgan fingerprint density at radius 3 is 2.69 bits per heavy atom. The lowest BCUT2D eigenvalue weighted by atomic mass is 9.65. The van der Waals surface area contributed by atoms with Crippen LogP contribution in [0.25, 0.3) is 0 Å². The number of nitrogens with two attached hydrogens (primary N) is 1. The Hall–Kier alpha value is -0.610. The molecule has 0 radical (unpaired) electrons. The lowest BCUT2D eigenvalue weighted by molar-refractivity contribution is -0.0609. The maximum atomic E-state index is 10.8. The van der Waals surface area contributed by atoms with Crippen molar-refractivity contribution in [3.05, 3.63) is 11.1 Å². The van der Waals surface area contributed by atoms with E-state index in [-0.39, 0.29) is 5.41 Å². The van der Waals surface area contributed by atoms with E-state index in [9.17, 15) is 5.11 Å². The summed E-state index contributed by atoms with van der Waals surface area (Å²) in [6.45, 7) is 6.65. The maximum absolute atomic E-state index is 10.8. The molecule has 1 aliphatic rings. The van der Waals surface area contributed by atoms with Crippen LogP contribution in [0.4, 0.5) is 5.13 Å². The lowest BCUT2D eigenvalue weighted by Gasteiger charge is -2.44. The fourth-order valence-electron chi connectivity index (χ4n) is 3.22. The van der Waals surface area contributed by atoms with Crippen molar-refractivity contribution < 1.29 is 5.11 Å². The number of hydrogen-bond acceptors (Lipinski definition) is 4. The first-order valence-corrected chi connectivity index (χ1v) is 6.57. The van der Waals surface area contributed by atoms with Crippen LogP contribution in [0.2, 0.25) is 0 Å². The van der Waals surface area contributed by atoms with E-state index >= 15 is 0 Å². The predicted molar refractivity (Wildman–Crippen MR) is 67.2 cm³/mol. The highest BCUT2D eigenvalue weighted by Crippen LogP contribution is 2.49. The molecule has 0 bridgehead atoms. The molecule has 0 saturated heterocycles. The van der Waals surface area contributed by atoms with E-state index in [1.54, 1.807) is 6.20 Å². The van der Waals surface area contributed by atoms with Gasteiger partial charge in [-0.05, 0) is 30.6 Å². The van der Waals surface area contributed by atoms with Gasteiger partial charge in [-0.2, -0.15) is 0 Å². The van der Waals surface area contributed by atoms with E-state index in [1.807, 2.05) is 0 Å². The summed E-state index contributed by atoms with van der Waals surface area (Å²) >= 11 is 1.41. The summed E-state index contributed by atoms with van der Waals surface area (Å²) in [6.07, 6.45) is 4.52. The summed E-state index contributed by atoms with van der Waals surface area (Å²) in [7, 11) is 0. The molecular weight excluding hydrogens is 220 g/mol. The van der Waals surface area contributed by atoms with Gasteiger partial charge < -0.3 is 10.8 Å². The van der Waals surface area contributed by atoms with Crippen LogP contribution in [0, 0.1) is 11.3 Å². The highest BCUT2D eigenvalue weighted by molar-refractivity contribution is 7.15. The molecule has 3 N–H and O–H groups in total. The van der Waals surface area contributed by atoms with Crippen molar-refractivity contribution in [2.24, 2.45) is 11.3 Å². The van der Waals surface area contributed by atoms with Crippen LogP contribution in [-0.2, 0) is 5.60 Å². The first-order valence-electron chi connectivity index (χ1n) is 5.75. The van der Waals surface area contributed by atoms with Crippen molar-refractivity contribution >= 4 is 16.5 Å². The van der Waals surface area contributed by atoms with Gasteiger partial charge in [0, 0.05) is 6.20 Å². The third-order valence-corrected chi connectivity index (χ3v) is 4.36. The number of aliphatic hydroxyl groups is 1. The molecule has 4 heteroatoms. The molecule has 0 amide bonds. The molecule has 1 saturated carbocycles. The minimum Gasteiger partial charge on any atom is -0.384 e. The first kappa shape index (κ1) is 11.9. The average Bonchev–Trinajstić information content (AvgIpc) is 2.47. The Balaban J connectivity index is 2.30. The molecule has 2 atom stereocenters. The summed E-state index contributed by atoms with van der Waals surface area (Å²) in [4.78, 5) is 4.97. The number of rotatable bonds is 1. The van der Waals surface area contributed by atoms with Crippen LogP contribution in [-0.4, -0.2) is 10.1 Å². The minimum atomic E-state index is -0.726. The predicted octanol–water partition coefficient (Wildman–Crippen LogP) is 2.76. The van der Waals surface area contributed by atoms with Crippen molar-refractivity contribution in [2.75, 3.05) is 5.73 Å². The van der Waals surface area contributed by atoms with Gasteiger partial charge in [-0.1, -0.05) is 32.1 Å². The molecule has 16 heavy (non-hydrogen) atoms. The molecule has 1 fully saturated rings. The standard InChI is InChI=1S/C12H20N2OS/c1-8-4-11(2,3)7-12(15,5-8)9-6-14-10(13)16-9/h6,8,15H,4-5,7H2,1-3H3,(H2,13,14). The Bertz CT molecular complexity index is 388. The van der Waals surface area contributed by atoms with Gasteiger partial charge in [0.15, 0.2) is 5.13 Å². The zero-order chi connectivity index (χ0) is 12.0. The highest BCUT2D eigenvalue weighted by atomic mass is 32.1. The summed E-state index contributed by atoms with van der Waals surface area (Å²) in [5.41, 5.74) is 5.10. The molecular formula is C12H20N2OS. The fourth-order valence-corrected chi connectivity index (χ4v) is 4.00. The SMILES string of the molecule is CC1CC(C)(C)CC(O)(c2cnc(N)s2)C1. The van der Waals surface area contributed by atoms with Crippen molar-refractivity contribution in [2.45, 2.75) is 45.6 Å². The molecule has 0 spiro atoms. The zero-order valence-corrected chi connectivity index (χ0v) is 11.0. The van der Waals surface area contributed by atoms with Crippen LogP contribution >= 0.6 is 11.3 Å². The van der Waals surface area contributed by atoms with Crippen LogP contribution < -0.4 is 5.73 Å². The number of nitrogens with zero attached hydrogens (tertiary/aromatic N) is 1. The first-order chi connectivity index (χ1) is 7.31. The highest BCUT2D eigenvalue weighted by Gasteiger charge is 2.43. The number of anilines is 1. The molecule has 90 valence electrons. The number of thiazole rings is 1. The van der Waals surface area contributed by atoms with E-state index in [2.05, 4.69) is 25.8 Å². The van der Waals surface area contributed by atoms with Crippen LogP contribution in [0.15, 0.2) is 6.20 Å². The van der Waals surface area contributed by atoms with Gasteiger partial charge in [-0.3, -0.25) is 0 Å². The number of nitrogen functional groups attached to an aromatic ring is 1. The van der Waals surface area contributed by atoms with Gasteiger partial charge in [-0.15, -0.1) is 0 Å². The smallest absolute Gasteiger partial charge is 0.180 e. The number of aromatic nitrogens is 1. The maximum Gasteiger partial charge on any atom is 0.180 e. The Morgan fingerprint density at radius 2 is 2.19 bits per heavy atom. The number of hydrogen-bond donors (Lipinski definition) is 2. The molecule has 2 rings (SSSR count). The summed E-state index contributed by atoms with van der Waals surface area (Å²) in [5, 5.41) is 11.3. The normalized spacial score (nSPS) is 33.9. The van der Waals surface area contributed by atoms with Gasteiger partial charge in [-0.25, -0.2) is 4.98 Å². The third kappa shape index (κ3) is 2.23. The largest absolute Gasteiger partial charge is 0.384 e. The van der Waals surface area contributed by atoms with Gasteiger partial charge in [0.2, 0.25) is 0 Å². The van der Waals surface area contributed by atoms with E-state index in [0.29, 0.717) is 11.0 Å². The Labute approximate surface area is 101 Å². The molecule has 1 aromatic rings. The van der Waals surface area contributed by atoms with Gasteiger partial charge in [0.1, 0.15) is 5.60 Å². The molecule has 0 aliphatic heterocycles.